The molecule has 0 unspecified atom stereocenters. The number of hydrogen-bond donors (Lipinski definition) is 1. The molecule has 0 saturated heterocycles. The Morgan fingerprint density at radius 3 is 2.58 bits per heavy atom. The van der Waals surface area contributed by atoms with Crippen molar-refractivity contribution < 1.29 is 0 Å². The van der Waals surface area contributed by atoms with Gasteiger partial charge in [0.15, 0.2) is 0 Å². The minimum absolute atomic E-state index is 0.968. The first kappa shape index (κ1) is 7.49. The molecule has 0 aliphatic heterocycles. The van der Waals surface area contributed by atoms with E-state index in [-0.39, 0.29) is 0 Å². The third-order valence-corrected chi connectivity index (χ3v) is 2.43. The standard InChI is InChI=1S/C8H9N3S/c1-5-3-7-8(11-12-10-7)4-6(5)9-2/h3-4,9H,1-2H3. The highest BCUT2D eigenvalue weighted by atomic mass is 32.1. The molecule has 0 atom stereocenters. The molecule has 1 aromatic heterocycles. The quantitative estimate of drug-likeness (QED) is 0.728. The van der Waals surface area contributed by atoms with Gasteiger partial charge in [0.2, 0.25) is 0 Å². The van der Waals surface area contributed by atoms with Crippen LogP contribution in [-0.2, 0) is 0 Å². The fourth-order valence-corrected chi connectivity index (χ4v) is 1.71. The molecule has 0 fully saturated rings. The van der Waals surface area contributed by atoms with E-state index >= 15 is 0 Å². The first-order valence-corrected chi connectivity index (χ1v) is 4.45. The van der Waals surface area contributed by atoms with Gasteiger partial charge >= 0.3 is 0 Å². The number of aryl methyl sites for hydroxylation is 1. The Bertz CT molecular complexity index is 408. The van der Waals surface area contributed by atoms with E-state index in [2.05, 4.69) is 21.0 Å². The monoisotopic (exact) mass is 179 g/mol. The van der Waals surface area contributed by atoms with Gasteiger partial charge < -0.3 is 5.32 Å². The lowest BCUT2D eigenvalue weighted by molar-refractivity contribution is 1.41. The van der Waals surface area contributed by atoms with Crippen LogP contribution >= 0.6 is 11.7 Å². The van der Waals surface area contributed by atoms with Gasteiger partial charge in [-0.2, -0.15) is 8.75 Å². The SMILES string of the molecule is CNc1cc2nsnc2cc1C. The van der Waals surface area contributed by atoms with Crippen molar-refractivity contribution in [2.75, 3.05) is 12.4 Å². The van der Waals surface area contributed by atoms with E-state index in [9.17, 15) is 0 Å². The Hall–Kier alpha value is -1.16. The number of fused-ring (bicyclic) bond motifs is 1. The summed E-state index contributed by atoms with van der Waals surface area (Å²) in [5.74, 6) is 0. The van der Waals surface area contributed by atoms with Crippen LogP contribution in [0.4, 0.5) is 5.69 Å². The van der Waals surface area contributed by atoms with Gasteiger partial charge in [-0.15, -0.1) is 0 Å². The lowest BCUT2D eigenvalue weighted by Crippen LogP contribution is -1.90. The number of anilines is 1. The van der Waals surface area contributed by atoms with Gasteiger partial charge in [0.25, 0.3) is 0 Å². The molecular weight excluding hydrogens is 170 g/mol. The number of nitrogens with zero attached hydrogens (tertiary/aromatic N) is 2. The second-order valence-corrected chi connectivity index (χ2v) is 3.20. The minimum atomic E-state index is 0.968. The molecular formula is C8H9N3S. The van der Waals surface area contributed by atoms with E-state index in [1.165, 1.54) is 17.3 Å². The van der Waals surface area contributed by atoms with E-state index in [0.717, 1.165) is 16.7 Å². The third kappa shape index (κ3) is 1.04. The van der Waals surface area contributed by atoms with Crippen molar-refractivity contribution in [3.05, 3.63) is 17.7 Å². The van der Waals surface area contributed by atoms with E-state index < -0.39 is 0 Å². The first-order valence-electron chi connectivity index (χ1n) is 3.72. The van der Waals surface area contributed by atoms with Crippen LogP contribution in [0.1, 0.15) is 5.56 Å². The number of rotatable bonds is 1. The van der Waals surface area contributed by atoms with E-state index in [4.69, 9.17) is 0 Å². The number of hydrogen-bond acceptors (Lipinski definition) is 4. The summed E-state index contributed by atoms with van der Waals surface area (Å²) in [5, 5.41) is 3.11. The van der Waals surface area contributed by atoms with Crippen molar-refractivity contribution in [3.63, 3.8) is 0 Å². The van der Waals surface area contributed by atoms with Crippen LogP contribution in [0.3, 0.4) is 0 Å². The van der Waals surface area contributed by atoms with Gasteiger partial charge in [-0.25, -0.2) is 0 Å². The average Bonchev–Trinajstić information content (AvgIpc) is 2.49. The Kier molecular flexibility index (Phi) is 1.69. The summed E-state index contributed by atoms with van der Waals surface area (Å²) in [6.45, 7) is 2.06. The first-order chi connectivity index (χ1) is 5.81. The normalized spacial score (nSPS) is 10.5. The molecule has 62 valence electrons. The highest BCUT2D eigenvalue weighted by Gasteiger charge is 2.02. The van der Waals surface area contributed by atoms with Gasteiger partial charge in [-0.05, 0) is 24.6 Å². The summed E-state index contributed by atoms with van der Waals surface area (Å²) < 4.78 is 8.32. The molecule has 4 heteroatoms. The smallest absolute Gasteiger partial charge is 0.106 e. The molecule has 12 heavy (non-hydrogen) atoms. The zero-order chi connectivity index (χ0) is 8.55. The zero-order valence-electron chi connectivity index (χ0n) is 6.96. The Balaban J connectivity index is 2.73. The second-order valence-electron chi connectivity index (χ2n) is 2.67. The number of nitrogens with one attached hydrogen (secondary N) is 1. The van der Waals surface area contributed by atoms with Crippen molar-refractivity contribution in [2.24, 2.45) is 0 Å². The minimum Gasteiger partial charge on any atom is -0.388 e. The highest BCUT2D eigenvalue weighted by Crippen LogP contribution is 2.21. The van der Waals surface area contributed by atoms with Crippen LogP contribution in [0.2, 0.25) is 0 Å². The van der Waals surface area contributed by atoms with Crippen LogP contribution in [0.15, 0.2) is 12.1 Å². The molecule has 0 spiro atoms. The van der Waals surface area contributed by atoms with Crippen molar-refractivity contribution >= 4 is 28.4 Å². The molecule has 3 nitrogen and oxygen atoms in total. The largest absolute Gasteiger partial charge is 0.388 e. The summed E-state index contributed by atoms with van der Waals surface area (Å²) in [5.41, 5.74) is 4.28. The molecule has 1 N–H and O–H groups in total. The maximum atomic E-state index is 4.16. The van der Waals surface area contributed by atoms with Gasteiger partial charge in [0.05, 0.1) is 11.7 Å². The lowest BCUT2D eigenvalue weighted by atomic mass is 10.2. The molecule has 0 saturated carbocycles. The van der Waals surface area contributed by atoms with Crippen molar-refractivity contribution in [1.82, 2.24) is 8.75 Å². The fraction of sp³-hybridized carbons (Fsp3) is 0.250. The maximum absolute atomic E-state index is 4.16. The molecule has 2 aromatic rings. The number of benzene rings is 1. The lowest BCUT2D eigenvalue weighted by Gasteiger charge is -2.02. The molecule has 0 radical (unpaired) electrons. The topological polar surface area (TPSA) is 37.8 Å². The summed E-state index contributed by atoms with van der Waals surface area (Å²) in [4.78, 5) is 0. The molecule has 0 amide bonds. The van der Waals surface area contributed by atoms with Gasteiger partial charge in [-0.3, -0.25) is 0 Å². The van der Waals surface area contributed by atoms with Gasteiger partial charge in [0.1, 0.15) is 11.0 Å². The maximum Gasteiger partial charge on any atom is 0.106 e. The molecule has 1 heterocycles. The predicted octanol–water partition coefficient (Wildman–Crippen LogP) is 2.04. The number of aromatic nitrogens is 2. The van der Waals surface area contributed by atoms with Gasteiger partial charge in [0, 0.05) is 12.7 Å². The zero-order valence-corrected chi connectivity index (χ0v) is 7.77. The summed E-state index contributed by atoms with van der Waals surface area (Å²) in [7, 11) is 1.91. The van der Waals surface area contributed by atoms with E-state index in [1.54, 1.807) is 0 Å². The molecule has 1 aromatic carbocycles. The van der Waals surface area contributed by atoms with Crippen LogP contribution < -0.4 is 5.32 Å². The van der Waals surface area contributed by atoms with E-state index in [1.807, 2.05) is 19.2 Å². The Morgan fingerprint density at radius 2 is 1.92 bits per heavy atom. The molecule has 2 rings (SSSR count). The molecule has 0 bridgehead atoms. The van der Waals surface area contributed by atoms with Crippen LogP contribution in [0.5, 0.6) is 0 Å². The predicted molar refractivity (Wildman–Crippen MR) is 51.7 cm³/mol. The fourth-order valence-electron chi connectivity index (χ4n) is 1.21. The van der Waals surface area contributed by atoms with Crippen LogP contribution in [0, 0.1) is 6.92 Å². The second kappa shape index (κ2) is 2.71. The highest BCUT2D eigenvalue weighted by molar-refractivity contribution is 7.00. The van der Waals surface area contributed by atoms with Crippen molar-refractivity contribution in [3.8, 4) is 0 Å². The Labute approximate surface area is 74.8 Å². The Morgan fingerprint density at radius 1 is 1.25 bits per heavy atom. The van der Waals surface area contributed by atoms with Crippen molar-refractivity contribution in [1.29, 1.82) is 0 Å². The van der Waals surface area contributed by atoms with Gasteiger partial charge in [-0.1, -0.05) is 0 Å². The average molecular weight is 179 g/mol. The summed E-state index contributed by atoms with van der Waals surface area (Å²) in [6, 6.07) is 4.07. The molecule has 0 aliphatic carbocycles. The van der Waals surface area contributed by atoms with Crippen molar-refractivity contribution in [2.45, 2.75) is 6.92 Å². The van der Waals surface area contributed by atoms with Crippen LogP contribution in [0.25, 0.3) is 11.0 Å². The van der Waals surface area contributed by atoms with E-state index in [0.29, 0.717) is 0 Å². The summed E-state index contributed by atoms with van der Waals surface area (Å²) in [6.07, 6.45) is 0. The van der Waals surface area contributed by atoms with Crippen LogP contribution in [-0.4, -0.2) is 15.8 Å². The summed E-state index contributed by atoms with van der Waals surface area (Å²) >= 11 is 1.25. The molecule has 0 aliphatic rings. The third-order valence-electron chi connectivity index (χ3n) is 1.87.